The van der Waals surface area contributed by atoms with Gasteiger partial charge in [0.2, 0.25) is 0 Å². The fourth-order valence-corrected chi connectivity index (χ4v) is 2.19. The molecule has 100 valence electrons. The largest absolute Gasteiger partial charge is 0.594 e. The number of phenolic OH excluding ortho intramolecular Hbond substituents is 1. The quantitative estimate of drug-likeness (QED) is 0.515. The third-order valence-corrected chi connectivity index (χ3v) is 3.16. The van der Waals surface area contributed by atoms with Gasteiger partial charge >= 0.3 is 0 Å². The van der Waals surface area contributed by atoms with Crippen LogP contribution >= 0.6 is 0 Å². The smallest absolute Gasteiger partial charge is 0.288 e. The van der Waals surface area contributed by atoms with E-state index in [2.05, 4.69) is 10.1 Å². The molecule has 6 nitrogen and oxygen atoms in total. The number of aryl methyl sites for hydroxylation is 1. The minimum Gasteiger partial charge on any atom is -0.594 e. The highest BCUT2D eigenvalue weighted by atomic mass is 16.5. The molecule has 0 bridgehead atoms. The molecule has 1 heterocycles. The number of rotatable bonds is 1. The summed E-state index contributed by atoms with van der Waals surface area (Å²) < 4.78 is 0. The second-order valence-corrected chi connectivity index (χ2v) is 4.52. The van der Waals surface area contributed by atoms with Gasteiger partial charge in [0.05, 0.1) is 5.10 Å². The first kappa shape index (κ1) is 12.2. The lowest BCUT2D eigenvalue weighted by Gasteiger charge is -2.09. The zero-order valence-corrected chi connectivity index (χ0v) is 10.7. The zero-order chi connectivity index (χ0) is 14.3. The van der Waals surface area contributed by atoms with Gasteiger partial charge in [0.25, 0.3) is 11.5 Å². The summed E-state index contributed by atoms with van der Waals surface area (Å²) in [4.78, 5) is 4.36. The van der Waals surface area contributed by atoms with Crippen molar-refractivity contribution >= 4 is 17.0 Å². The van der Waals surface area contributed by atoms with E-state index in [1.54, 1.807) is 6.07 Å². The molecule has 0 saturated carbocycles. The fraction of sp³-hybridized carbons (Fsp3) is 0.0714. The summed E-state index contributed by atoms with van der Waals surface area (Å²) in [5.74, 6) is -0.0829. The Morgan fingerprint density at radius 1 is 1.20 bits per heavy atom. The standard InChI is InChI=1S/C14H12N4O2/c1-8-4-2-3-5-9(8)10-6-12-11(7-13(10)19)16-14(15)17-18(12)20/h2-7,19H,1H3,(H2,15,16,17). The number of hydrogen-bond acceptors (Lipinski definition) is 5. The topological polar surface area (TPSA) is 99.0 Å². The predicted octanol–water partition coefficient (Wildman–Crippen LogP) is 1.53. The molecule has 20 heavy (non-hydrogen) atoms. The lowest BCUT2D eigenvalue weighted by Crippen LogP contribution is -2.33. The molecule has 2 aromatic carbocycles. The number of anilines is 1. The molecule has 6 heteroatoms. The highest BCUT2D eigenvalue weighted by Gasteiger charge is 2.15. The van der Waals surface area contributed by atoms with Crippen LogP contribution in [0.25, 0.3) is 22.2 Å². The molecule has 3 aromatic rings. The third kappa shape index (κ3) is 1.87. The first-order valence-electron chi connectivity index (χ1n) is 6.02. The number of fused-ring (bicyclic) bond motifs is 1. The average molecular weight is 268 g/mol. The van der Waals surface area contributed by atoms with Gasteiger partial charge in [-0.15, -0.1) is 0 Å². The van der Waals surface area contributed by atoms with Crippen molar-refractivity contribution in [1.29, 1.82) is 0 Å². The van der Waals surface area contributed by atoms with Crippen molar-refractivity contribution in [3.05, 3.63) is 47.2 Å². The number of phenols is 1. The Morgan fingerprint density at radius 3 is 2.70 bits per heavy atom. The van der Waals surface area contributed by atoms with Gasteiger partial charge in [-0.1, -0.05) is 24.3 Å². The maximum absolute atomic E-state index is 11.8. The summed E-state index contributed by atoms with van der Waals surface area (Å²) in [5.41, 5.74) is 8.40. The van der Waals surface area contributed by atoms with Crippen LogP contribution < -0.4 is 10.6 Å². The summed E-state index contributed by atoms with van der Waals surface area (Å²) in [7, 11) is 0. The number of aromatic nitrogens is 3. The van der Waals surface area contributed by atoms with Gasteiger partial charge in [0.15, 0.2) is 0 Å². The van der Waals surface area contributed by atoms with Crippen molar-refractivity contribution in [3.8, 4) is 16.9 Å². The molecule has 0 saturated heterocycles. The van der Waals surface area contributed by atoms with Crippen LogP contribution in [0, 0.1) is 12.1 Å². The molecule has 0 aliphatic rings. The van der Waals surface area contributed by atoms with E-state index in [0.29, 0.717) is 15.9 Å². The minimum absolute atomic E-state index is 0.0462. The molecular formula is C14H12N4O2. The second kappa shape index (κ2) is 4.34. The van der Waals surface area contributed by atoms with Gasteiger partial charge in [0, 0.05) is 17.7 Å². The monoisotopic (exact) mass is 268 g/mol. The van der Waals surface area contributed by atoms with E-state index in [1.165, 1.54) is 6.07 Å². The Labute approximate surface area is 114 Å². The molecule has 0 aliphatic carbocycles. The van der Waals surface area contributed by atoms with Gasteiger partial charge in [-0.25, -0.2) is 4.98 Å². The third-order valence-electron chi connectivity index (χ3n) is 3.16. The van der Waals surface area contributed by atoms with E-state index in [-0.39, 0.29) is 17.2 Å². The Hall–Kier alpha value is -2.89. The Balaban J connectivity index is 2.33. The van der Waals surface area contributed by atoms with Gasteiger partial charge in [0.1, 0.15) is 11.3 Å². The van der Waals surface area contributed by atoms with Crippen molar-refractivity contribution < 1.29 is 9.95 Å². The number of aromatic hydroxyl groups is 1. The number of nitrogen functional groups attached to an aromatic ring is 1. The van der Waals surface area contributed by atoms with Crippen LogP contribution in [-0.2, 0) is 0 Å². The fourth-order valence-electron chi connectivity index (χ4n) is 2.19. The SMILES string of the molecule is Cc1ccccc1-c1cc2c(cc1O)nc(N)n[n+]2[O-]. The second-order valence-electron chi connectivity index (χ2n) is 4.52. The van der Waals surface area contributed by atoms with Crippen LogP contribution in [0.1, 0.15) is 5.56 Å². The lowest BCUT2D eigenvalue weighted by molar-refractivity contribution is -0.641. The zero-order valence-electron chi connectivity index (χ0n) is 10.7. The molecule has 0 amide bonds. The van der Waals surface area contributed by atoms with E-state index >= 15 is 0 Å². The molecule has 0 fully saturated rings. The molecule has 3 N–H and O–H groups in total. The van der Waals surface area contributed by atoms with Gasteiger partial charge in [-0.3, -0.25) is 0 Å². The highest BCUT2D eigenvalue weighted by Crippen LogP contribution is 2.33. The Kier molecular flexibility index (Phi) is 2.64. The maximum Gasteiger partial charge on any atom is 0.288 e. The van der Waals surface area contributed by atoms with Crippen molar-refractivity contribution in [2.45, 2.75) is 6.92 Å². The van der Waals surface area contributed by atoms with Gasteiger partial charge in [-0.2, -0.15) is 0 Å². The molecule has 3 rings (SSSR count). The van der Waals surface area contributed by atoms with Crippen molar-refractivity contribution in [1.82, 2.24) is 10.1 Å². The molecule has 1 aromatic heterocycles. The Morgan fingerprint density at radius 2 is 1.95 bits per heavy atom. The lowest BCUT2D eigenvalue weighted by atomic mass is 9.99. The molecule has 0 atom stereocenters. The van der Waals surface area contributed by atoms with Crippen LogP contribution in [0.2, 0.25) is 0 Å². The van der Waals surface area contributed by atoms with Crippen molar-refractivity contribution in [3.63, 3.8) is 0 Å². The maximum atomic E-state index is 11.8. The van der Waals surface area contributed by atoms with Crippen LogP contribution in [0.4, 0.5) is 5.95 Å². The average Bonchev–Trinajstić information content (AvgIpc) is 2.39. The summed E-state index contributed by atoms with van der Waals surface area (Å²) in [6.45, 7) is 1.93. The number of nitrogens with zero attached hydrogens (tertiary/aromatic N) is 3. The summed E-state index contributed by atoms with van der Waals surface area (Å²) >= 11 is 0. The van der Waals surface area contributed by atoms with Crippen LogP contribution in [0.3, 0.4) is 0 Å². The van der Waals surface area contributed by atoms with E-state index < -0.39 is 0 Å². The number of benzene rings is 2. The first-order valence-corrected chi connectivity index (χ1v) is 6.02. The minimum atomic E-state index is -0.129. The van der Waals surface area contributed by atoms with Gasteiger partial charge < -0.3 is 16.0 Å². The van der Waals surface area contributed by atoms with Gasteiger partial charge in [-0.05, 0) is 22.9 Å². The van der Waals surface area contributed by atoms with E-state index in [1.807, 2.05) is 31.2 Å². The Bertz CT molecular complexity index is 818. The van der Waals surface area contributed by atoms with Crippen LogP contribution in [0.5, 0.6) is 5.75 Å². The number of nitrogens with two attached hydrogens (primary N) is 1. The van der Waals surface area contributed by atoms with Crippen LogP contribution in [-0.4, -0.2) is 15.2 Å². The highest BCUT2D eigenvalue weighted by molar-refractivity contribution is 5.85. The van der Waals surface area contributed by atoms with Crippen molar-refractivity contribution in [2.24, 2.45) is 0 Å². The number of hydrogen-bond donors (Lipinski definition) is 2. The molecule has 0 unspecified atom stereocenters. The molecule has 0 radical (unpaired) electrons. The normalized spacial score (nSPS) is 10.8. The summed E-state index contributed by atoms with van der Waals surface area (Å²) in [5, 5.41) is 25.5. The molecule has 0 aliphatic heterocycles. The van der Waals surface area contributed by atoms with E-state index in [4.69, 9.17) is 5.73 Å². The van der Waals surface area contributed by atoms with E-state index in [0.717, 1.165) is 11.1 Å². The molecule has 0 spiro atoms. The van der Waals surface area contributed by atoms with Crippen molar-refractivity contribution in [2.75, 3.05) is 5.73 Å². The first-order chi connectivity index (χ1) is 9.56. The summed E-state index contributed by atoms with van der Waals surface area (Å²) in [6.07, 6.45) is 0. The van der Waals surface area contributed by atoms with Crippen LogP contribution in [0.15, 0.2) is 36.4 Å². The predicted molar refractivity (Wildman–Crippen MR) is 74.7 cm³/mol. The molecular weight excluding hydrogens is 256 g/mol. The van der Waals surface area contributed by atoms with E-state index in [9.17, 15) is 10.3 Å². The summed E-state index contributed by atoms with van der Waals surface area (Å²) in [6, 6.07) is 10.6.